The van der Waals surface area contributed by atoms with Crippen LogP contribution in [0.2, 0.25) is 0 Å². The molecule has 0 aliphatic carbocycles. The predicted molar refractivity (Wildman–Crippen MR) is 77.5 cm³/mol. The van der Waals surface area contributed by atoms with Crippen LogP contribution in [0, 0.1) is 0 Å². The standard InChI is InChI=1S/C14H19BrN2O2/c1-11-8-17(13-4-3-12(15)7-16-13)9-14(19-11)5-2-6-18-10-14/h3-4,7,11H,2,5-6,8-10H2,1H3/t11-,14+/m0/s1. The van der Waals surface area contributed by atoms with Gasteiger partial charge in [0.1, 0.15) is 11.4 Å². The molecule has 1 spiro atoms. The second kappa shape index (κ2) is 5.38. The first-order valence-electron chi connectivity index (χ1n) is 6.79. The Balaban J connectivity index is 1.80. The van der Waals surface area contributed by atoms with Crippen LogP contribution >= 0.6 is 15.9 Å². The SMILES string of the molecule is C[C@H]1CN(c2ccc(Br)cn2)C[C@@]2(CCCOC2)O1. The Morgan fingerprint density at radius 3 is 3.05 bits per heavy atom. The number of aromatic nitrogens is 1. The quantitative estimate of drug-likeness (QED) is 0.794. The van der Waals surface area contributed by atoms with E-state index in [1.54, 1.807) is 0 Å². The number of hydrogen-bond donors (Lipinski definition) is 0. The van der Waals surface area contributed by atoms with Crippen molar-refractivity contribution in [1.82, 2.24) is 4.98 Å². The van der Waals surface area contributed by atoms with Gasteiger partial charge in [0.15, 0.2) is 0 Å². The second-order valence-electron chi connectivity index (χ2n) is 5.48. The number of ether oxygens (including phenoxy) is 2. The predicted octanol–water partition coefficient (Wildman–Crippen LogP) is 2.62. The highest BCUT2D eigenvalue weighted by atomic mass is 79.9. The number of halogens is 1. The van der Waals surface area contributed by atoms with Crippen LogP contribution in [0.25, 0.3) is 0 Å². The molecule has 2 aliphatic rings. The van der Waals surface area contributed by atoms with Gasteiger partial charge < -0.3 is 14.4 Å². The lowest BCUT2D eigenvalue weighted by Gasteiger charge is -2.47. The van der Waals surface area contributed by atoms with Crippen LogP contribution in [0.5, 0.6) is 0 Å². The van der Waals surface area contributed by atoms with Crippen LogP contribution in [-0.2, 0) is 9.47 Å². The second-order valence-corrected chi connectivity index (χ2v) is 6.40. The summed E-state index contributed by atoms with van der Waals surface area (Å²) in [5.41, 5.74) is -0.148. The minimum atomic E-state index is -0.148. The number of morpholine rings is 1. The summed E-state index contributed by atoms with van der Waals surface area (Å²) < 4.78 is 12.8. The third-order valence-corrected chi connectivity index (χ3v) is 4.20. The van der Waals surface area contributed by atoms with E-state index in [2.05, 4.69) is 38.8 Å². The van der Waals surface area contributed by atoms with E-state index in [-0.39, 0.29) is 11.7 Å². The van der Waals surface area contributed by atoms with Crippen LogP contribution in [0.15, 0.2) is 22.8 Å². The largest absolute Gasteiger partial charge is 0.378 e. The zero-order valence-electron chi connectivity index (χ0n) is 11.1. The van der Waals surface area contributed by atoms with Crippen molar-refractivity contribution in [2.24, 2.45) is 0 Å². The Labute approximate surface area is 122 Å². The molecule has 2 fully saturated rings. The molecule has 0 aromatic carbocycles. The molecule has 2 saturated heterocycles. The van der Waals surface area contributed by atoms with Gasteiger partial charge in [-0.25, -0.2) is 4.98 Å². The summed E-state index contributed by atoms with van der Waals surface area (Å²) in [4.78, 5) is 6.81. The highest BCUT2D eigenvalue weighted by Crippen LogP contribution is 2.32. The number of rotatable bonds is 1. The van der Waals surface area contributed by atoms with Gasteiger partial charge in [0.25, 0.3) is 0 Å². The summed E-state index contributed by atoms with van der Waals surface area (Å²) >= 11 is 3.43. The summed E-state index contributed by atoms with van der Waals surface area (Å²) in [5.74, 6) is 1.02. The van der Waals surface area contributed by atoms with Crippen molar-refractivity contribution in [3.63, 3.8) is 0 Å². The van der Waals surface area contributed by atoms with Crippen LogP contribution in [0.3, 0.4) is 0 Å². The zero-order valence-corrected chi connectivity index (χ0v) is 12.7. The van der Waals surface area contributed by atoms with Gasteiger partial charge >= 0.3 is 0 Å². The van der Waals surface area contributed by atoms with Crippen molar-refractivity contribution in [2.45, 2.75) is 31.5 Å². The van der Waals surface area contributed by atoms with Gasteiger partial charge in [0.2, 0.25) is 0 Å². The van der Waals surface area contributed by atoms with E-state index < -0.39 is 0 Å². The molecule has 1 aromatic heterocycles. The lowest BCUT2D eigenvalue weighted by molar-refractivity contribution is -0.160. The molecule has 104 valence electrons. The van der Waals surface area contributed by atoms with E-state index in [0.29, 0.717) is 6.61 Å². The Morgan fingerprint density at radius 1 is 1.47 bits per heavy atom. The Bertz CT molecular complexity index is 432. The smallest absolute Gasteiger partial charge is 0.128 e. The van der Waals surface area contributed by atoms with Crippen LogP contribution in [-0.4, -0.2) is 43.0 Å². The molecule has 5 heteroatoms. The van der Waals surface area contributed by atoms with Crippen molar-refractivity contribution >= 4 is 21.7 Å². The maximum absolute atomic E-state index is 6.19. The molecule has 3 heterocycles. The van der Waals surface area contributed by atoms with Crippen LogP contribution in [0.4, 0.5) is 5.82 Å². The maximum atomic E-state index is 6.19. The molecule has 0 N–H and O–H groups in total. The normalized spacial score (nSPS) is 31.7. The number of pyridine rings is 1. The summed E-state index contributed by atoms with van der Waals surface area (Å²) in [5, 5.41) is 0. The molecule has 4 nitrogen and oxygen atoms in total. The van der Waals surface area contributed by atoms with E-state index in [9.17, 15) is 0 Å². The molecule has 19 heavy (non-hydrogen) atoms. The molecule has 0 radical (unpaired) electrons. The van der Waals surface area contributed by atoms with E-state index in [0.717, 1.165) is 42.8 Å². The minimum Gasteiger partial charge on any atom is -0.378 e. The van der Waals surface area contributed by atoms with E-state index in [4.69, 9.17) is 9.47 Å². The molecular weight excluding hydrogens is 308 g/mol. The van der Waals surface area contributed by atoms with E-state index in [1.165, 1.54) is 0 Å². The lowest BCUT2D eigenvalue weighted by Crippen LogP contribution is -2.58. The summed E-state index contributed by atoms with van der Waals surface area (Å²) in [6.45, 7) is 5.43. The Morgan fingerprint density at radius 2 is 2.37 bits per heavy atom. The van der Waals surface area contributed by atoms with Gasteiger partial charge in [-0.3, -0.25) is 0 Å². The number of hydrogen-bond acceptors (Lipinski definition) is 4. The molecule has 2 aliphatic heterocycles. The highest BCUT2D eigenvalue weighted by molar-refractivity contribution is 9.10. The first kappa shape index (κ1) is 13.3. The molecule has 0 amide bonds. The fraction of sp³-hybridized carbons (Fsp3) is 0.643. The molecule has 0 bridgehead atoms. The van der Waals surface area contributed by atoms with Gasteiger partial charge in [0, 0.05) is 23.8 Å². The average Bonchev–Trinajstić information content (AvgIpc) is 2.39. The number of anilines is 1. The van der Waals surface area contributed by atoms with Gasteiger partial charge in [-0.05, 0) is 47.8 Å². The van der Waals surface area contributed by atoms with Crippen LogP contribution < -0.4 is 4.90 Å². The lowest BCUT2D eigenvalue weighted by atomic mass is 9.93. The molecule has 0 unspecified atom stereocenters. The monoisotopic (exact) mass is 326 g/mol. The Hall–Kier alpha value is -0.650. The molecule has 3 rings (SSSR count). The fourth-order valence-corrected chi connectivity index (χ4v) is 3.23. The molecule has 2 atom stereocenters. The van der Waals surface area contributed by atoms with Crippen molar-refractivity contribution in [3.05, 3.63) is 22.8 Å². The van der Waals surface area contributed by atoms with Gasteiger partial charge in [-0.1, -0.05) is 0 Å². The fourth-order valence-electron chi connectivity index (χ4n) is 3.00. The van der Waals surface area contributed by atoms with Crippen molar-refractivity contribution in [3.8, 4) is 0 Å². The zero-order chi connectivity index (χ0) is 13.3. The first-order valence-corrected chi connectivity index (χ1v) is 7.58. The van der Waals surface area contributed by atoms with Crippen molar-refractivity contribution in [2.75, 3.05) is 31.2 Å². The van der Waals surface area contributed by atoms with E-state index >= 15 is 0 Å². The molecule has 0 saturated carbocycles. The van der Waals surface area contributed by atoms with Gasteiger partial charge in [0.05, 0.1) is 19.3 Å². The topological polar surface area (TPSA) is 34.6 Å². The average molecular weight is 327 g/mol. The van der Waals surface area contributed by atoms with Gasteiger partial charge in [-0.2, -0.15) is 0 Å². The first-order chi connectivity index (χ1) is 9.17. The minimum absolute atomic E-state index is 0.148. The maximum Gasteiger partial charge on any atom is 0.128 e. The number of nitrogens with zero attached hydrogens (tertiary/aromatic N) is 2. The highest BCUT2D eigenvalue weighted by Gasteiger charge is 2.41. The molecule has 1 aromatic rings. The van der Waals surface area contributed by atoms with Gasteiger partial charge in [-0.15, -0.1) is 0 Å². The van der Waals surface area contributed by atoms with Crippen molar-refractivity contribution < 1.29 is 9.47 Å². The Kier molecular flexibility index (Phi) is 3.78. The third-order valence-electron chi connectivity index (χ3n) is 3.73. The summed E-state index contributed by atoms with van der Waals surface area (Å²) in [7, 11) is 0. The third kappa shape index (κ3) is 2.93. The summed E-state index contributed by atoms with van der Waals surface area (Å²) in [6.07, 6.45) is 4.21. The van der Waals surface area contributed by atoms with Crippen LogP contribution in [0.1, 0.15) is 19.8 Å². The van der Waals surface area contributed by atoms with E-state index in [1.807, 2.05) is 12.3 Å². The van der Waals surface area contributed by atoms with Crippen molar-refractivity contribution in [1.29, 1.82) is 0 Å². The summed E-state index contributed by atoms with van der Waals surface area (Å²) in [6, 6.07) is 4.09. The molecular formula is C14H19BrN2O2.